The lowest BCUT2D eigenvalue weighted by atomic mass is 10.1. The fraction of sp³-hybridized carbons (Fsp3) is 1.00. The summed E-state index contributed by atoms with van der Waals surface area (Å²) in [5.41, 5.74) is 0. The Hall–Kier alpha value is 0.532. The molecule has 0 aromatic heterocycles. The van der Waals surface area contributed by atoms with E-state index in [1.54, 1.807) is 19.3 Å². The zero-order valence-electron chi connectivity index (χ0n) is 18.9. The van der Waals surface area contributed by atoms with Crippen LogP contribution in [0.1, 0.15) is 138 Å². The van der Waals surface area contributed by atoms with Gasteiger partial charge in [0.15, 0.2) is 0 Å². The minimum Gasteiger partial charge on any atom is -0.0819 e. The Labute approximate surface area is 166 Å². The average Bonchev–Trinajstić information content (AvgIpc) is 2.64. The highest BCUT2D eigenvalue weighted by Crippen LogP contribution is 2.43. The van der Waals surface area contributed by atoms with Gasteiger partial charge >= 0.3 is 0 Å². The van der Waals surface area contributed by atoms with E-state index in [9.17, 15) is 0 Å². The number of hydrogen-bond donors (Lipinski definition) is 0. The smallest absolute Gasteiger partial charge is 0.0819 e. The zero-order valence-corrected chi connectivity index (χ0v) is 20.1. The third-order valence-corrected chi connectivity index (χ3v) is 12.4. The van der Waals surface area contributed by atoms with Gasteiger partial charge in [0.25, 0.3) is 14.1 Å². The van der Waals surface area contributed by atoms with Crippen LogP contribution in [0.4, 0.5) is 0 Å². The number of hydrogen-bond acceptors (Lipinski definition) is 0. The molecular formula is C24H51Al. The third kappa shape index (κ3) is 11.1. The summed E-state index contributed by atoms with van der Waals surface area (Å²) in [4.78, 5) is 0. The van der Waals surface area contributed by atoms with Crippen molar-refractivity contribution >= 4 is 14.1 Å². The molecule has 0 aromatic carbocycles. The van der Waals surface area contributed by atoms with Crippen molar-refractivity contribution in [2.24, 2.45) is 0 Å². The molecule has 0 N–H and O–H groups in total. The summed E-state index contributed by atoms with van der Waals surface area (Å²) in [7, 11) is 0. The molecular weight excluding hydrogens is 315 g/mol. The van der Waals surface area contributed by atoms with Crippen LogP contribution >= 0.6 is 0 Å². The van der Waals surface area contributed by atoms with Crippen LogP contribution in [0.15, 0.2) is 0 Å². The van der Waals surface area contributed by atoms with E-state index >= 15 is 0 Å². The van der Waals surface area contributed by atoms with Crippen LogP contribution in [0.3, 0.4) is 0 Å². The third-order valence-electron chi connectivity index (χ3n) is 6.74. The molecule has 0 heterocycles. The molecule has 0 nitrogen and oxygen atoms in total. The molecule has 0 aliphatic rings. The van der Waals surface area contributed by atoms with E-state index in [0.29, 0.717) is 0 Å². The van der Waals surface area contributed by atoms with E-state index in [0.717, 1.165) is 14.3 Å². The van der Waals surface area contributed by atoms with Gasteiger partial charge in [0.2, 0.25) is 0 Å². The minimum atomic E-state index is -0.707. The second kappa shape index (κ2) is 17.9. The molecule has 0 aliphatic carbocycles. The first-order valence-corrected chi connectivity index (χ1v) is 14.2. The summed E-state index contributed by atoms with van der Waals surface area (Å²) >= 11 is -0.707. The fourth-order valence-corrected chi connectivity index (χ4v) is 10.9. The van der Waals surface area contributed by atoms with E-state index in [1.165, 1.54) is 77.0 Å². The summed E-state index contributed by atoms with van der Waals surface area (Å²) in [5, 5.41) is 0. The lowest BCUT2D eigenvalue weighted by Crippen LogP contribution is -2.32. The van der Waals surface area contributed by atoms with Crippen molar-refractivity contribution < 1.29 is 0 Å². The van der Waals surface area contributed by atoms with E-state index in [2.05, 4.69) is 41.5 Å². The minimum absolute atomic E-state index is 0.707. The van der Waals surface area contributed by atoms with Crippen LogP contribution in [0.5, 0.6) is 0 Å². The largest absolute Gasteiger partial charge is 0.272 e. The van der Waals surface area contributed by atoms with Gasteiger partial charge in [0, 0.05) is 0 Å². The Morgan fingerprint density at radius 1 is 0.440 bits per heavy atom. The van der Waals surface area contributed by atoms with Gasteiger partial charge in [0.1, 0.15) is 0 Å². The van der Waals surface area contributed by atoms with Crippen molar-refractivity contribution in [3.05, 3.63) is 0 Å². The van der Waals surface area contributed by atoms with E-state index in [4.69, 9.17) is 0 Å². The van der Waals surface area contributed by atoms with E-state index < -0.39 is 14.1 Å². The highest BCUT2D eigenvalue weighted by atomic mass is 27.2. The molecule has 0 fully saturated rings. The van der Waals surface area contributed by atoms with E-state index in [1.807, 2.05) is 0 Å². The highest BCUT2D eigenvalue weighted by Gasteiger charge is 2.38. The van der Waals surface area contributed by atoms with Crippen LogP contribution in [0.25, 0.3) is 0 Å². The molecule has 0 radical (unpaired) electrons. The standard InChI is InChI=1S/3C8H17.Al/c3*1-3-5-7-8-6-4-2;/h3*5H,3-4,6-8H2,1-2H3;. The van der Waals surface area contributed by atoms with Crippen molar-refractivity contribution in [2.75, 3.05) is 0 Å². The Morgan fingerprint density at radius 2 is 0.720 bits per heavy atom. The molecule has 150 valence electrons. The van der Waals surface area contributed by atoms with Gasteiger partial charge in [-0.2, -0.15) is 0 Å². The summed E-state index contributed by atoms with van der Waals surface area (Å²) in [6, 6.07) is 0. The number of rotatable bonds is 18. The topological polar surface area (TPSA) is 0 Å². The summed E-state index contributed by atoms with van der Waals surface area (Å²) < 4.78 is 3.35. The number of unbranched alkanes of at least 4 members (excludes halogenated alkanes) is 6. The Kier molecular flexibility index (Phi) is 18.3. The normalized spacial score (nSPS) is 15.1. The molecule has 25 heavy (non-hydrogen) atoms. The predicted octanol–water partition coefficient (Wildman–Crippen LogP) is 9.56. The molecule has 1 heteroatoms. The summed E-state index contributed by atoms with van der Waals surface area (Å²) in [6.07, 6.45) is 22.0. The maximum absolute atomic E-state index is 2.51. The average molecular weight is 367 g/mol. The lowest BCUT2D eigenvalue weighted by molar-refractivity contribution is 0.539. The Balaban J connectivity index is 5.11. The first-order valence-electron chi connectivity index (χ1n) is 12.2. The second-order valence-electron chi connectivity index (χ2n) is 8.57. The van der Waals surface area contributed by atoms with Crippen LogP contribution in [0.2, 0.25) is 14.3 Å². The molecule has 0 bridgehead atoms. The van der Waals surface area contributed by atoms with Crippen LogP contribution in [0, 0.1) is 0 Å². The Bertz CT molecular complexity index is 220. The molecule has 0 saturated carbocycles. The molecule has 0 saturated heterocycles. The molecule has 0 amide bonds. The van der Waals surface area contributed by atoms with Crippen LogP contribution < -0.4 is 0 Å². The lowest BCUT2D eigenvalue weighted by Gasteiger charge is -2.35. The monoisotopic (exact) mass is 366 g/mol. The predicted molar refractivity (Wildman–Crippen MR) is 120 cm³/mol. The molecule has 3 unspecified atom stereocenters. The van der Waals surface area contributed by atoms with Crippen molar-refractivity contribution in [1.29, 1.82) is 0 Å². The van der Waals surface area contributed by atoms with Gasteiger partial charge in [0.05, 0.1) is 0 Å². The van der Waals surface area contributed by atoms with Gasteiger partial charge in [-0.25, -0.2) is 0 Å². The van der Waals surface area contributed by atoms with Crippen LogP contribution in [-0.4, -0.2) is 14.1 Å². The van der Waals surface area contributed by atoms with Crippen molar-refractivity contribution in [3.63, 3.8) is 0 Å². The van der Waals surface area contributed by atoms with Gasteiger partial charge in [-0.05, 0) is 0 Å². The first-order chi connectivity index (χ1) is 12.2. The highest BCUT2D eigenvalue weighted by molar-refractivity contribution is 6.63. The zero-order chi connectivity index (χ0) is 18.9. The van der Waals surface area contributed by atoms with Gasteiger partial charge in [-0.1, -0.05) is 152 Å². The molecule has 3 atom stereocenters. The first kappa shape index (κ1) is 25.5. The quantitative estimate of drug-likeness (QED) is 0.167. The van der Waals surface area contributed by atoms with Crippen molar-refractivity contribution in [1.82, 2.24) is 0 Å². The maximum Gasteiger partial charge on any atom is 0.272 e. The van der Waals surface area contributed by atoms with Crippen LogP contribution in [-0.2, 0) is 0 Å². The van der Waals surface area contributed by atoms with Crippen molar-refractivity contribution in [2.45, 2.75) is 152 Å². The molecule has 0 aliphatic heterocycles. The SMILES string of the molecule is CCCCC[CH](CC)[Al]([CH](CC)CCCCC)[CH](CC)CCCCC. The molecule has 0 aromatic rings. The Morgan fingerprint density at radius 3 is 0.920 bits per heavy atom. The summed E-state index contributed by atoms with van der Waals surface area (Å²) in [5.74, 6) is 0. The molecule has 0 rings (SSSR count). The fourth-order valence-electron chi connectivity index (χ4n) is 5.13. The maximum atomic E-state index is 2.51. The summed E-state index contributed by atoms with van der Waals surface area (Å²) in [6.45, 7) is 14.6. The van der Waals surface area contributed by atoms with Crippen molar-refractivity contribution in [3.8, 4) is 0 Å². The van der Waals surface area contributed by atoms with Gasteiger partial charge < -0.3 is 0 Å². The van der Waals surface area contributed by atoms with Gasteiger partial charge in [-0.15, -0.1) is 0 Å². The second-order valence-corrected chi connectivity index (χ2v) is 12.6. The van der Waals surface area contributed by atoms with E-state index in [-0.39, 0.29) is 0 Å². The van der Waals surface area contributed by atoms with Gasteiger partial charge in [-0.3, -0.25) is 0 Å². The molecule has 0 spiro atoms.